The summed E-state index contributed by atoms with van der Waals surface area (Å²) in [6, 6.07) is 11.4. The molecular formula is C14H13NO2. The number of benzene rings is 1. The smallest absolute Gasteiger partial charge is 0.139 e. The molecule has 0 amide bonds. The van der Waals surface area contributed by atoms with Crippen LogP contribution in [0.2, 0.25) is 0 Å². The predicted molar refractivity (Wildman–Crippen MR) is 63.9 cm³/mol. The molecule has 1 aliphatic carbocycles. The summed E-state index contributed by atoms with van der Waals surface area (Å²) in [5.74, 6) is 0.724. The van der Waals surface area contributed by atoms with E-state index in [1.165, 1.54) is 0 Å². The zero-order valence-corrected chi connectivity index (χ0v) is 9.55. The van der Waals surface area contributed by atoms with Crippen LogP contribution >= 0.6 is 0 Å². The minimum Gasteiger partial charge on any atom is -0.496 e. The van der Waals surface area contributed by atoms with Crippen molar-refractivity contribution in [3.8, 4) is 5.75 Å². The monoisotopic (exact) mass is 227 g/mol. The van der Waals surface area contributed by atoms with Gasteiger partial charge < -0.3 is 9.84 Å². The number of rotatable bonds is 2. The molecule has 17 heavy (non-hydrogen) atoms. The topological polar surface area (TPSA) is 42.4 Å². The van der Waals surface area contributed by atoms with E-state index in [1.54, 1.807) is 13.3 Å². The van der Waals surface area contributed by atoms with E-state index in [0.717, 1.165) is 16.9 Å². The summed E-state index contributed by atoms with van der Waals surface area (Å²) in [7, 11) is 1.62. The van der Waals surface area contributed by atoms with Gasteiger partial charge >= 0.3 is 0 Å². The van der Waals surface area contributed by atoms with E-state index >= 15 is 0 Å². The van der Waals surface area contributed by atoms with Gasteiger partial charge in [-0.15, -0.1) is 0 Å². The third-order valence-electron chi connectivity index (χ3n) is 3.28. The molecule has 0 saturated heterocycles. The van der Waals surface area contributed by atoms with Gasteiger partial charge in [-0.05, 0) is 23.8 Å². The second-order valence-electron chi connectivity index (χ2n) is 4.25. The third kappa shape index (κ3) is 1.36. The molecule has 0 saturated carbocycles. The summed E-state index contributed by atoms with van der Waals surface area (Å²) in [5, 5.41) is 10.7. The summed E-state index contributed by atoms with van der Waals surface area (Å²) in [4.78, 5) is 4.24. The van der Waals surface area contributed by atoms with Gasteiger partial charge in [0, 0.05) is 18.2 Å². The molecule has 3 heteroatoms. The van der Waals surface area contributed by atoms with Crippen molar-refractivity contribution < 1.29 is 9.84 Å². The lowest BCUT2D eigenvalue weighted by Crippen LogP contribution is -2.40. The van der Waals surface area contributed by atoms with Crippen LogP contribution in [0.4, 0.5) is 0 Å². The number of pyridine rings is 1. The molecule has 0 spiro atoms. The minimum atomic E-state index is -0.997. The molecule has 3 rings (SSSR count). The van der Waals surface area contributed by atoms with Crippen LogP contribution in [0.5, 0.6) is 5.75 Å². The lowest BCUT2D eigenvalue weighted by atomic mass is 9.71. The highest BCUT2D eigenvalue weighted by molar-refractivity contribution is 5.56. The minimum absolute atomic E-state index is 0.594. The molecule has 1 aromatic carbocycles. The van der Waals surface area contributed by atoms with Crippen molar-refractivity contribution >= 4 is 0 Å². The first-order valence-electron chi connectivity index (χ1n) is 5.56. The fourth-order valence-electron chi connectivity index (χ4n) is 2.45. The number of hydrogen-bond acceptors (Lipinski definition) is 3. The first kappa shape index (κ1) is 10.3. The van der Waals surface area contributed by atoms with E-state index in [-0.39, 0.29) is 0 Å². The Kier molecular flexibility index (Phi) is 2.16. The SMILES string of the molecule is COc1cccc2c1C(O)(c1ccccn1)C2. The number of ether oxygens (including phenoxy) is 1. The molecule has 1 N–H and O–H groups in total. The van der Waals surface area contributed by atoms with E-state index in [0.29, 0.717) is 12.1 Å². The quantitative estimate of drug-likeness (QED) is 0.851. The van der Waals surface area contributed by atoms with Crippen LogP contribution in [-0.4, -0.2) is 17.2 Å². The molecule has 0 radical (unpaired) electrons. The molecular weight excluding hydrogens is 214 g/mol. The molecule has 0 bridgehead atoms. The third-order valence-corrected chi connectivity index (χ3v) is 3.28. The van der Waals surface area contributed by atoms with Crippen molar-refractivity contribution in [3.63, 3.8) is 0 Å². The Balaban J connectivity index is 2.14. The van der Waals surface area contributed by atoms with Gasteiger partial charge in [-0.1, -0.05) is 18.2 Å². The number of hydrogen-bond donors (Lipinski definition) is 1. The van der Waals surface area contributed by atoms with E-state index in [2.05, 4.69) is 4.98 Å². The molecule has 1 unspecified atom stereocenters. The van der Waals surface area contributed by atoms with Crippen LogP contribution in [0.15, 0.2) is 42.6 Å². The van der Waals surface area contributed by atoms with Gasteiger partial charge in [-0.2, -0.15) is 0 Å². The van der Waals surface area contributed by atoms with Crippen LogP contribution in [0.25, 0.3) is 0 Å². The molecule has 0 fully saturated rings. The summed E-state index contributed by atoms with van der Waals surface area (Å²) in [5.41, 5.74) is 1.65. The molecule has 2 aromatic rings. The molecule has 1 atom stereocenters. The van der Waals surface area contributed by atoms with Crippen molar-refractivity contribution in [2.24, 2.45) is 0 Å². The highest BCUT2D eigenvalue weighted by atomic mass is 16.5. The highest BCUT2D eigenvalue weighted by Gasteiger charge is 2.45. The summed E-state index contributed by atoms with van der Waals surface area (Å²) in [6.07, 6.45) is 2.29. The first-order valence-corrected chi connectivity index (χ1v) is 5.56. The van der Waals surface area contributed by atoms with Crippen LogP contribution in [-0.2, 0) is 12.0 Å². The predicted octanol–water partition coefficient (Wildman–Crippen LogP) is 1.88. The molecule has 86 valence electrons. The number of aliphatic hydroxyl groups is 1. The van der Waals surface area contributed by atoms with E-state index in [4.69, 9.17) is 4.74 Å². The van der Waals surface area contributed by atoms with E-state index in [9.17, 15) is 5.11 Å². The Morgan fingerprint density at radius 3 is 2.82 bits per heavy atom. The van der Waals surface area contributed by atoms with Crippen LogP contribution in [0.1, 0.15) is 16.8 Å². The average Bonchev–Trinajstić information content (AvgIpc) is 2.37. The van der Waals surface area contributed by atoms with Crippen molar-refractivity contribution in [2.45, 2.75) is 12.0 Å². The van der Waals surface area contributed by atoms with Crippen LogP contribution < -0.4 is 4.74 Å². The fourth-order valence-corrected chi connectivity index (χ4v) is 2.45. The lowest BCUT2D eigenvalue weighted by Gasteiger charge is -2.39. The van der Waals surface area contributed by atoms with Crippen LogP contribution in [0.3, 0.4) is 0 Å². The molecule has 1 aliphatic rings. The summed E-state index contributed by atoms with van der Waals surface area (Å²) >= 11 is 0. The molecule has 0 aliphatic heterocycles. The molecule has 1 aromatic heterocycles. The zero-order valence-electron chi connectivity index (χ0n) is 9.55. The number of fused-ring (bicyclic) bond motifs is 1. The number of aromatic nitrogens is 1. The van der Waals surface area contributed by atoms with Gasteiger partial charge in [0.15, 0.2) is 0 Å². The largest absolute Gasteiger partial charge is 0.496 e. The Labute approximate surface area is 99.7 Å². The maximum Gasteiger partial charge on any atom is 0.139 e. The van der Waals surface area contributed by atoms with Gasteiger partial charge in [0.25, 0.3) is 0 Å². The van der Waals surface area contributed by atoms with Crippen molar-refractivity contribution in [1.29, 1.82) is 0 Å². The Morgan fingerprint density at radius 2 is 2.12 bits per heavy atom. The first-order chi connectivity index (χ1) is 8.25. The lowest BCUT2D eigenvalue weighted by molar-refractivity contribution is 0.0485. The zero-order chi connectivity index (χ0) is 11.9. The van der Waals surface area contributed by atoms with Gasteiger partial charge in [0.05, 0.1) is 12.8 Å². The standard InChI is InChI=1S/C14H13NO2/c1-17-11-6-4-5-10-9-14(16,13(10)11)12-7-2-3-8-15-12/h2-8,16H,9H2,1H3. The second kappa shape index (κ2) is 3.57. The Morgan fingerprint density at radius 1 is 1.24 bits per heavy atom. The highest BCUT2D eigenvalue weighted by Crippen LogP contribution is 2.47. The molecule has 3 nitrogen and oxygen atoms in total. The second-order valence-corrected chi connectivity index (χ2v) is 4.25. The fraction of sp³-hybridized carbons (Fsp3) is 0.214. The maximum atomic E-state index is 10.7. The Bertz CT molecular complexity index is 553. The normalized spacial score (nSPS) is 21.5. The van der Waals surface area contributed by atoms with E-state index in [1.807, 2.05) is 36.4 Å². The van der Waals surface area contributed by atoms with Gasteiger partial charge in [0.1, 0.15) is 11.4 Å². The maximum absolute atomic E-state index is 10.7. The van der Waals surface area contributed by atoms with Gasteiger partial charge in [0.2, 0.25) is 0 Å². The van der Waals surface area contributed by atoms with E-state index < -0.39 is 5.60 Å². The van der Waals surface area contributed by atoms with Gasteiger partial charge in [-0.3, -0.25) is 4.98 Å². The van der Waals surface area contributed by atoms with Crippen molar-refractivity contribution in [2.75, 3.05) is 7.11 Å². The Hall–Kier alpha value is -1.87. The number of nitrogens with zero attached hydrogens (tertiary/aromatic N) is 1. The summed E-state index contributed by atoms with van der Waals surface area (Å²) < 4.78 is 5.31. The average molecular weight is 227 g/mol. The summed E-state index contributed by atoms with van der Waals surface area (Å²) in [6.45, 7) is 0. The van der Waals surface area contributed by atoms with Crippen molar-refractivity contribution in [1.82, 2.24) is 4.98 Å². The van der Waals surface area contributed by atoms with Crippen LogP contribution in [0, 0.1) is 0 Å². The molecule has 1 heterocycles. The van der Waals surface area contributed by atoms with Crippen molar-refractivity contribution in [3.05, 3.63) is 59.4 Å². The van der Waals surface area contributed by atoms with Gasteiger partial charge in [-0.25, -0.2) is 0 Å². The number of methoxy groups -OCH3 is 1.